The zero-order chi connectivity index (χ0) is 12.3. The van der Waals surface area contributed by atoms with Gasteiger partial charge < -0.3 is 5.73 Å². The van der Waals surface area contributed by atoms with Crippen molar-refractivity contribution in [3.05, 3.63) is 59.2 Å². The van der Waals surface area contributed by atoms with Crippen LogP contribution in [0.2, 0.25) is 0 Å². The average molecular weight is 227 g/mol. The Morgan fingerprint density at radius 3 is 2.47 bits per heavy atom. The molecule has 17 heavy (non-hydrogen) atoms. The molecule has 0 saturated carbocycles. The first-order valence-electron chi connectivity index (χ1n) is 5.84. The molecule has 3 nitrogen and oxygen atoms in total. The van der Waals surface area contributed by atoms with Gasteiger partial charge in [0.1, 0.15) is 5.82 Å². The first kappa shape index (κ1) is 11.7. The minimum absolute atomic E-state index is 0.178. The van der Waals surface area contributed by atoms with Crippen molar-refractivity contribution in [1.29, 1.82) is 0 Å². The van der Waals surface area contributed by atoms with Gasteiger partial charge in [-0.1, -0.05) is 31.2 Å². The monoisotopic (exact) mass is 227 g/mol. The molecule has 0 aliphatic rings. The third-order valence-corrected chi connectivity index (χ3v) is 2.86. The van der Waals surface area contributed by atoms with E-state index in [1.165, 1.54) is 5.56 Å². The SMILES string of the molecule is CCc1ccc(C(N)c2ccnc(C)n2)cc1. The molecule has 88 valence electrons. The second-order valence-corrected chi connectivity index (χ2v) is 4.10. The molecule has 0 amide bonds. The van der Waals surface area contributed by atoms with Crippen LogP contribution in [-0.2, 0) is 6.42 Å². The second-order valence-electron chi connectivity index (χ2n) is 4.10. The molecule has 0 saturated heterocycles. The molecule has 1 atom stereocenters. The highest BCUT2D eigenvalue weighted by Gasteiger charge is 2.10. The van der Waals surface area contributed by atoms with Gasteiger partial charge in [0, 0.05) is 6.20 Å². The highest BCUT2D eigenvalue weighted by atomic mass is 14.9. The standard InChI is InChI=1S/C14H17N3/c1-3-11-4-6-12(7-5-11)14(15)13-8-9-16-10(2)17-13/h4-9,14H,3,15H2,1-2H3. The lowest BCUT2D eigenvalue weighted by Gasteiger charge is -2.12. The Morgan fingerprint density at radius 2 is 1.88 bits per heavy atom. The fourth-order valence-corrected chi connectivity index (χ4v) is 1.78. The summed E-state index contributed by atoms with van der Waals surface area (Å²) in [5, 5.41) is 0. The Hall–Kier alpha value is -1.74. The van der Waals surface area contributed by atoms with Crippen molar-refractivity contribution in [3.63, 3.8) is 0 Å². The van der Waals surface area contributed by atoms with Crippen molar-refractivity contribution < 1.29 is 0 Å². The van der Waals surface area contributed by atoms with Crippen LogP contribution in [0.25, 0.3) is 0 Å². The van der Waals surface area contributed by atoms with Crippen LogP contribution >= 0.6 is 0 Å². The molecule has 0 bridgehead atoms. The largest absolute Gasteiger partial charge is 0.319 e. The molecule has 1 aromatic carbocycles. The van der Waals surface area contributed by atoms with Crippen molar-refractivity contribution in [2.24, 2.45) is 5.73 Å². The van der Waals surface area contributed by atoms with Gasteiger partial charge >= 0.3 is 0 Å². The number of aromatic nitrogens is 2. The Labute approximate surface area is 102 Å². The van der Waals surface area contributed by atoms with Crippen LogP contribution in [-0.4, -0.2) is 9.97 Å². The molecular formula is C14H17N3. The van der Waals surface area contributed by atoms with Crippen LogP contribution in [0.5, 0.6) is 0 Å². The van der Waals surface area contributed by atoms with Crippen molar-refractivity contribution in [2.45, 2.75) is 26.3 Å². The lowest BCUT2D eigenvalue weighted by atomic mass is 10.0. The van der Waals surface area contributed by atoms with E-state index >= 15 is 0 Å². The maximum Gasteiger partial charge on any atom is 0.125 e. The van der Waals surface area contributed by atoms with E-state index in [-0.39, 0.29) is 6.04 Å². The van der Waals surface area contributed by atoms with E-state index in [0.717, 1.165) is 23.5 Å². The van der Waals surface area contributed by atoms with Crippen molar-refractivity contribution >= 4 is 0 Å². The number of rotatable bonds is 3. The molecule has 1 aromatic heterocycles. The van der Waals surface area contributed by atoms with Crippen LogP contribution in [0.4, 0.5) is 0 Å². The maximum absolute atomic E-state index is 6.19. The van der Waals surface area contributed by atoms with E-state index in [2.05, 4.69) is 41.2 Å². The van der Waals surface area contributed by atoms with E-state index in [1.807, 2.05) is 13.0 Å². The third-order valence-electron chi connectivity index (χ3n) is 2.86. The summed E-state index contributed by atoms with van der Waals surface area (Å²) in [7, 11) is 0. The summed E-state index contributed by atoms with van der Waals surface area (Å²) >= 11 is 0. The van der Waals surface area contributed by atoms with Gasteiger partial charge in [-0.2, -0.15) is 0 Å². The van der Waals surface area contributed by atoms with Crippen LogP contribution < -0.4 is 5.73 Å². The topological polar surface area (TPSA) is 51.8 Å². The molecule has 1 unspecified atom stereocenters. The highest BCUT2D eigenvalue weighted by molar-refractivity contribution is 5.29. The normalized spacial score (nSPS) is 12.4. The summed E-state index contributed by atoms with van der Waals surface area (Å²) in [5.74, 6) is 0.753. The third kappa shape index (κ3) is 2.68. The van der Waals surface area contributed by atoms with Gasteiger partial charge in [0.2, 0.25) is 0 Å². The van der Waals surface area contributed by atoms with E-state index in [9.17, 15) is 0 Å². The van der Waals surface area contributed by atoms with E-state index < -0.39 is 0 Å². The molecule has 3 heteroatoms. The average Bonchev–Trinajstić information content (AvgIpc) is 2.38. The minimum atomic E-state index is -0.178. The van der Waals surface area contributed by atoms with Crippen LogP contribution in [0, 0.1) is 6.92 Å². The quantitative estimate of drug-likeness (QED) is 0.876. The molecule has 2 aromatic rings. The van der Waals surface area contributed by atoms with Crippen LogP contribution in [0.1, 0.15) is 35.6 Å². The molecule has 2 rings (SSSR count). The minimum Gasteiger partial charge on any atom is -0.319 e. The lowest BCUT2D eigenvalue weighted by molar-refractivity contribution is 0.806. The highest BCUT2D eigenvalue weighted by Crippen LogP contribution is 2.18. The molecule has 0 aliphatic carbocycles. The fourth-order valence-electron chi connectivity index (χ4n) is 1.78. The molecular weight excluding hydrogens is 210 g/mol. The van der Waals surface area contributed by atoms with Crippen LogP contribution in [0.3, 0.4) is 0 Å². The first-order chi connectivity index (χ1) is 8.20. The van der Waals surface area contributed by atoms with Gasteiger partial charge in [0.05, 0.1) is 11.7 Å². The number of aryl methyl sites for hydroxylation is 2. The lowest BCUT2D eigenvalue weighted by Crippen LogP contribution is -2.14. The van der Waals surface area contributed by atoms with Gasteiger partial charge in [-0.05, 0) is 30.5 Å². The van der Waals surface area contributed by atoms with E-state index in [1.54, 1.807) is 6.20 Å². The molecule has 0 aliphatic heterocycles. The predicted molar refractivity (Wildman–Crippen MR) is 68.6 cm³/mol. The Balaban J connectivity index is 2.27. The van der Waals surface area contributed by atoms with Gasteiger partial charge in [0.25, 0.3) is 0 Å². The van der Waals surface area contributed by atoms with Crippen molar-refractivity contribution in [3.8, 4) is 0 Å². The second kappa shape index (κ2) is 5.06. The maximum atomic E-state index is 6.19. The Bertz CT molecular complexity index is 491. The fraction of sp³-hybridized carbons (Fsp3) is 0.286. The Kier molecular flexibility index (Phi) is 3.49. The summed E-state index contributed by atoms with van der Waals surface area (Å²) in [4.78, 5) is 8.43. The van der Waals surface area contributed by atoms with Gasteiger partial charge in [0.15, 0.2) is 0 Å². The predicted octanol–water partition coefficient (Wildman–Crippen LogP) is 2.40. The molecule has 0 fully saturated rings. The van der Waals surface area contributed by atoms with Crippen LogP contribution in [0.15, 0.2) is 36.5 Å². The summed E-state index contributed by atoms with van der Waals surface area (Å²) in [5.41, 5.74) is 9.45. The van der Waals surface area contributed by atoms with E-state index in [4.69, 9.17) is 5.73 Å². The van der Waals surface area contributed by atoms with E-state index in [0.29, 0.717) is 0 Å². The number of nitrogens with zero attached hydrogens (tertiary/aromatic N) is 2. The number of hydrogen-bond acceptors (Lipinski definition) is 3. The summed E-state index contributed by atoms with van der Waals surface area (Å²) in [6, 6.07) is 10.1. The number of hydrogen-bond donors (Lipinski definition) is 1. The number of benzene rings is 1. The molecule has 0 radical (unpaired) electrons. The van der Waals surface area contributed by atoms with Crippen molar-refractivity contribution in [1.82, 2.24) is 9.97 Å². The summed E-state index contributed by atoms with van der Waals surface area (Å²) < 4.78 is 0. The van der Waals surface area contributed by atoms with Gasteiger partial charge in [-0.15, -0.1) is 0 Å². The van der Waals surface area contributed by atoms with Gasteiger partial charge in [-0.25, -0.2) is 9.97 Å². The first-order valence-corrected chi connectivity index (χ1v) is 5.84. The summed E-state index contributed by atoms with van der Waals surface area (Å²) in [6.45, 7) is 4.01. The Morgan fingerprint density at radius 1 is 1.18 bits per heavy atom. The smallest absolute Gasteiger partial charge is 0.125 e. The number of nitrogens with two attached hydrogens (primary N) is 1. The van der Waals surface area contributed by atoms with Crippen molar-refractivity contribution in [2.75, 3.05) is 0 Å². The zero-order valence-corrected chi connectivity index (χ0v) is 10.2. The zero-order valence-electron chi connectivity index (χ0n) is 10.2. The molecule has 0 spiro atoms. The molecule has 1 heterocycles. The summed E-state index contributed by atoms with van der Waals surface area (Å²) in [6.07, 6.45) is 2.79. The van der Waals surface area contributed by atoms with Gasteiger partial charge in [-0.3, -0.25) is 0 Å². The molecule has 2 N–H and O–H groups in total.